The maximum absolute atomic E-state index is 12.1. The Labute approximate surface area is 175 Å². The molecule has 3 rings (SSSR count). The van der Waals surface area contributed by atoms with E-state index in [2.05, 4.69) is 42.5 Å². The minimum Gasteiger partial charge on any atom is -0.462 e. The van der Waals surface area contributed by atoms with Crippen LogP contribution in [0.25, 0.3) is 11.0 Å². The highest BCUT2D eigenvalue weighted by Crippen LogP contribution is 2.34. The fraction of sp³-hybridized carbons (Fsp3) is 0.364. The molecule has 28 heavy (non-hydrogen) atoms. The number of aryl methyl sites for hydroxylation is 1. The van der Waals surface area contributed by atoms with E-state index in [1.54, 1.807) is 24.8 Å². The van der Waals surface area contributed by atoms with Crippen molar-refractivity contribution in [3.8, 4) is 0 Å². The Morgan fingerprint density at radius 3 is 2.61 bits per heavy atom. The molecule has 0 N–H and O–H groups in total. The van der Waals surface area contributed by atoms with Gasteiger partial charge in [0.05, 0.1) is 29.7 Å². The number of benzene rings is 2. The predicted octanol–water partition coefficient (Wildman–Crippen LogP) is 6.11. The number of thioether (sulfide) groups is 1. The van der Waals surface area contributed by atoms with Gasteiger partial charge in [0.1, 0.15) is 5.82 Å². The Morgan fingerprint density at radius 1 is 1.21 bits per heavy atom. The standard InChI is InChI=1S/C22H25ClN2O2S/c1-6-27-21(26)15-8-10-19-20(11-15)25(14(2)24-19)13-16-7-9-17(12-18(16)23)28-22(3,4)5/h7-12H,6,13H2,1-5H3. The summed E-state index contributed by atoms with van der Waals surface area (Å²) in [6.07, 6.45) is 0. The van der Waals surface area contributed by atoms with Crippen LogP contribution in [0.4, 0.5) is 0 Å². The van der Waals surface area contributed by atoms with Gasteiger partial charge in [-0.3, -0.25) is 0 Å². The van der Waals surface area contributed by atoms with Gasteiger partial charge < -0.3 is 9.30 Å². The topological polar surface area (TPSA) is 44.1 Å². The van der Waals surface area contributed by atoms with Crippen molar-refractivity contribution in [3.63, 3.8) is 0 Å². The molecule has 2 aromatic carbocycles. The van der Waals surface area contributed by atoms with Crippen molar-refractivity contribution in [1.29, 1.82) is 0 Å². The van der Waals surface area contributed by atoms with Crippen LogP contribution in [0.15, 0.2) is 41.3 Å². The smallest absolute Gasteiger partial charge is 0.338 e. The van der Waals surface area contributed by atoms with Crippen LogP contribution in [-0.2, 0) is 11.3 Å². The van der Waals surface area contributed by atoms with Crippen molar-refractivity contribution in [1.82, 2.24) is 9.55 Å². The lowest BCUT2D eigenvalue weighted by Crippen LogP contribution is -2.07. The number of rotatable bonds is 5. The largest absolute Gasteiger partial charge is 0.462 e. The number of halogens is 1. The van der Waals surface area contributed by atoms with E-state index >= 15 is 0 Å². The second-order valence-corrected chi connectivity index (χ2v) is 9.94. The Hall–Kier alpha value is -1.98. The first-order chi connectivity index (χ1) is 13.2. The van der Waals surface area contributed by atoms with Crippen LogP contribution in [0.5, 0.6) is 0 Å². The fourth-order valence-corrected chi connectivity index (χ4v) is 4.35. The number of hydrogen-bond donors (Lipinski definition) is 0. The monoisotopic (exact) mass is 416 g/mol. The highest BCUT2D eigenvalue weighted by atomic mass is 35.5. The van der Waals surface area contributed by atoms with Crippen molar-refractivity contribution in [3.05, 3.63) is 58.4 Å². The third-order valence-electron chi connectivity index (χ3n) is 4.23. The summed E-state index contributed by atoms with van der Waals surface area (Å²) >= 11 is 8.37. The molecule has 3 aromatic rings. The van der Waals surface area contributed by atoms with E-state index in [-0.39, 0.29) is 10.7 Å². The molecule has 148 valence electrons. The number of aromatic nitrogens is 2. The van der Waals surface area contributed by atoms with Gasteiger partial charge in [0, 0.05) is 14.7 Å². The van der Waals surface area contributed by atoms with Crippen LogP contribution in [0.2, 0.25) is 5.02 Å². The van der Waals surface area contributed by atoms with Crippen molar-refractivity contribution in [2.45, 2.75) is 50.8 Å². The second-order valence-electron chi connectivity index (χ2n) is 7.64. The molecule has 0 aliphatic rings. The van der Waals surface area contributed by atoms with E-state index in [0.717, 1.165) is 32.3 Å². The Kier molecular flexibility index (Phi) is 6.06. The van der Waals surface area contributed by atoms with Crippen LogP contribution in [0.1, 0.15) is 49.4 Å². The average molecular weight is 417 g/mol. The van der Waals surface area contributed by atoms with Crippen molar-refractivity contribution < 1.29 is 9.53 Å². The maximum atomic E-state index is 12.1. The molecular formula is C22H25ClN2O2S. The molecule has 0 spiro atoms. The summed E-state index contributed by atoms with van der Waals surface area (Å²) < 4.78 is 7.33. The molecule has 6 heteroatoms. The van der Waals surface area contributed by atoms with Gasteiger partial charge in [0.25, 0.3) is 0 Å². The molecule has 0 fully saturated rings. The quantitative estimate of drug-likeness (QED) is 0.371. The zero-order valence-electron chi connectivity index (χ0n) is 16.9. The van der Waals surface area contributed by atoms with Gasteiger partial charge in [0.15, 0.2) is 0 Å². The summed E-state index contributed by atoms with van der Waals surface area (Å²) in [5.74, 6) is 0.552. The summed E-state index contributed by atoms with van der Waals surface area (Å²) in [6.45, 7) is 11.2. The number of ether oxygens (including phenoxy) is 1. The average Bonchev–Trinajstić information content (AvgIpc) is 2.91. The van der Waals surface area contributed by atoms with Crippen LogP contribution < -0.4 is 0 Å². The van der Waals surface area contributed by atoms with Crippen molar-refractivity contribution in [2.24, 2.45) is 0 Å². The molecule has 0 atom stereocenters. The molecule has 0 radical (unpaired) electrons. The molecule has 1 heterocycles. The number of hydrogen-bond acceptors (Lipinski definition) is 4. The first-order valence-corrected chi connectivity index (χ1v) is 10.5. The molecule has 0 aliphatic carbocycles. The molecule has 1 aromatic heterocycles. The zero-order chi connectivity index (χ0) is 20.5. The summed E-state index contributed by atoms with van der Waals surface area (Å²) in [7, 11) is 0. The number of fused-ring (bicyclic) bond motifs is 1. The number of carbonyl (C=O) groups excluding carboxylic acids is 1. The SMILES string of the molecule is CCOC(=O)c1ccc2nc(C)n(Cc3ccc(SC(C)(C)C)cc3Cl)c2c1. The zero-order valence-corrected chi connectivity index (χ0v) is 18.4. The van der Waals surface area contributed by atoms with E-state index in [1.165, 1.54) is 0 Å². The molecule has 0 amide bonds. The van der Waals surface area contributed by atoms with Crippen molar-refractivity contribution >= 4 is 40.4 Å². The Balaban J connectivity index is 1.94. The van der Waals surface area contributed by atoms with E-state index in [9.17, 15) is 4.79 Å². The molecule has 0 aliphatic heterocycles. The van der Waals surface area contributed by atoms with Crippen LogP contribution in [-0.4, -0.2) is 26.9 Å². The van der Waals surface area contributed by atoms with Gasteiger partial charge in [-0.2, -0.15) is 0 Å². The minimum absolute atomic E-state index is 0.130. The summed E-state index contributed by atoms with van der Waals surface area (Å²) in [5, 5.41) is 0.733. The Morgan fingerprint density at radius 2 is 1.96 bits per heavy atom. The second kappa shape index (κ2) is 8.18. The van der Waals surface area contributed by atoms with Gasteiger partial charge in [-0.1, -0.05) is 38.4 Å². The van der Waals surface area contributed by atoms with E-state index in [4.69, 9.17) is 16.3 Å². The first kappa shape index (κ1) is 20.7. The van der Waals surface area contributed by atoms with E-state index in [0.29, 0.717) is 18.7 Å². The fourth-order valence-electron chi connectivity index (χ4n) is 3.03. The molecule has 0 saturated carbocycles. The molecular weight excluding hydrogens is 392 g/mol. The lowest BCUT2D eigenvalue weighted by Gasteiger charge is -2.18. The molecule has 0 unspecified atom stereocenters. The summed E-state index contributed by atoms with van der Waals surface area (Å²) in [5.41, 5.74) is 3.29. The number of nitrogens with zero attached hydrogens (tertiary/aromatic N) is 2. The van der Waals surface area contributed by atoms with Crippen molar-refractivity contribution in [2.75, 3.05) is 6.61 Å². The van der Waals surface area contributed by atoms with E-state index in [1.807, 2.05) is 25.1 Å². The number of esters is 1. The highest BCUT2D eigenvalue weighted by molar-refractivity contribution is 8.00. The van der Waals surface area contributed by atoms with Gasteiger partial charge in [-0.05, 0) is 49.7 Å². The van der Waals surface area contributed by atoms with Gasteiger partial charge in [-0.25, -0.2) is 9.78 Å². The first-order valence-electron chi connectivity index (χ1n) is 9.29. The summed E-state index contributed by atoms with van der Waals surface area (Å²) in [4.78, 5) is 17.9. The molecule has 0 saturated heterocycles. The van der Waals surface area contributed by atoms with Crippen LogP contribution >= 0.6 is 23.4 Å². The third-order valence-corrected chi connectivity index (χ3v) is 5.68. The normalized spacial score (nSPS) is 11.8. The van der Waals surface area contributed by atoms with Crippen LogP contribution in [0, 0.1) is 6.92 Å². The molecule has 4 nitrogen and oxygen atoms in total. The van der Waals surface area contributed by atoms with Gasteiger partial charge in [-0.15, -0.1) is 11.8 Å². The lowest BCUT2D eigenvalue weighted by atomic mass is 10.2. The minimum atomic E-state index is -0.323. The van der Waals surface area contributed by atoms with E-state index < -0.39 is 0 Å². The third kappa shape index (κ3) is 4.70. The maximum Gasteiger partial charge on any atom is 0.338 e. The lowest BCUT2D eigenvalue weighted by molar-refractivity contribution is 0.0526. The Bertz CT molecular complexity index is 1020. The number of imidazole rings is 1. The van der Waals surface area contributed by atoms with Gasteiger partial charge >= 0.3 is 5.97 Å². The van der Waals surface area contributed by atoms with Gasteiger partial charge in [0.2, 0.25) is 0 Å². The summed E-state index contributed by atoms with van der Waals surface area (Å²) in [6, 6.07) is 11.6. The highest BCUT2D eigenvalue weighted by Gasteiger charge is 2.16. The predicted molar refractivity (Wildman–Crippen MR) is 117 cm³/mol. The molecule has 0 bridgehead atoms. The van der Waals surface area contributed by atoms with Crippen LogP contribution in [0.3, 0.4) is 0 Å². The number of carbonyl (C=O) groups is 1.